The zero-order chi connectivity index (χ0) is 24.0. The van der Waals surface area contributed by atoms with E-state index in [0.29, 0.717) is 19.4 Å². The van der Waals surface area contributed by atoms with Gasteiger partial charge in [0.2, 0.25) is 17.7 Å². The number of hydrogen-bond acceptors (Lipinski definition) is 9. The lowest BCUT2D eigenvalue weighted by Crippen LogP contribution is -2.58. The van der Waals surface area contributed by atoms with Crippen molar-refractivity contribution in [1.82, 2.24) is 16.0 Å². The fraction of sp³-hybridized carbons (Fsp3) is 0.706. The SMILES string of the molecule is NCCCCC(NC(=O)C(CS)NC(=O)C(CS)NC(=O)C(N)CCC(=O)O)C(=O)O. The Morgan fingerprint density at radius 3 is 1.68 bits per heavy atom. The van der Waals surface area contributed by atoms with Crippen LogP contribution in [0.5, 0.6) is 0 Å². The lowest BCUT2D eigenvalue weighted by molar-refractivity contribution is -0.142. The van der Waals surface area contributed by atoms with E-state index in [9.17, 15) is 29.1 Å². The molecule has 31 heavy (non-hydrogen) atoms. The maximum absolute atomic E-state index is 12.4. The Labute approximate surface area is 191 Å². The number of thiol groups is 2. The van der Waals surface area contributed by atoms with Crippen LogP contribution in [-0.4, -0.2) is 82.1 Å². The third-order valence-electron chi connectivity index (χ3n) is 4.20. The van der Waals surface area contributed by atoms with Crippen molar-refractivity contribution in [2.24, 2.45) is 11.5 Å². The van der Waals surface area contributed by atoms with Crippen LogP contribution in [0.3, 0.4) is 0 Å². The van der Waals surface area contributed by atoms with E-state index in [2.05, 4.69) is 41.2 Å². The summed E-state index contributed by atoms with van der Waals surface area (Å²) in [4.78, 5) is 58.8. The summed E-state index contributed by atoms with van der Waals surface area (Å²) in [6, 6.07) is -4.60. The van der Waals surface area contributed by atoms with Gasteiger partial charge in [0.25, 0.3) is 0 Å². The molecule has 0 aromatic rings. The van der Waals surface area contributed by atoms with Crippen molar-refractivity contribution in [1.29, 1.82) is 0 Å². The second kappa shape index (κ2) is 15.7. The number of unbranched alkanes of at least 4 members (excludes halogenated alkanes) is 1. The molecule has 0 rings (SSSR count). The van der Waals surface area contributed by atoms with Gasteiger partial charge in [0.05, 0.1) is 6.04 Å². The Hall–Kier alpha value is -2.03. The van der Waals surface area contributed by atoms with E-state index in [4.69, 9.17) is 16.6 Å². The number of aliphatic carboxylic acids is 2. The van der Waals surface area contributed by atoms with E-state index < -0.39 is 53.8 Å². The van der Waals surface area contributed by atoms with Crippen LogP contribution < -0.4 is 27.4 Å². The second-order valence-electron chi connectivity index (χ2n) is 6.71. The molecule has 0 aliphatic rings. The Bertz CT molecular complexity index is 638. The van der Waals surface area contributed by atoms with Crippen LogP contribution in [0, 0.1) is 0 Å². The molecule has 0 saturated heterocycles. The summed E-state index contributed by atoms with van der Waals surface area (Å²) >= 11 is 8.01. The maximum Gasteiger partial charge on any atom is 0.326 e. The number of nitrogens with two attached hydrogens (primary N) is 2. The average molecular weight is 482 g/mol. The van der Waals surface area contributed by atoms with Crippen LogP contribution in [0.15, 0.2) is 0 Å². The summed E-state index contributed by atoms with van der Waals surface area (Å²) in [5, 5.41) is 25.0. The molecule has 0 bridgehead atoms. The van der Waals surface area contributed by atoms with E-state index in [-0.39, 0.29) is 30.8 Å². The van der Waals surface area contributed by atoms with Crippen molar-refractivity contribution in [2.45, 2.75) is 56.3 Å². The van der Waals surface area contributed by atoms with Gasteiger partial charge in [0.15, 0.2) is 0 Å². The highest BCUT2D eigenvalue weighted by molar-refractivity contribution is 7.80. The van der Waals surface area contributed by atoms with E-state index in [1.807, 2.05) is 0 Å². The molecule has 3 amide bonds. The molecule has 0 aliphatic heterocycles. The number of carboxylic acid groups (broad SMARTS) is 2. The van der Waals surface area contributed by atoms with Gasteiger partial charge in [0.1, 0.15) is 18.1 Å². The normalized spacial score (nSPS) is 14.6. The fourth-order valence-corrected chi connectivity index (χ4v) is 2.89. The zero-order valence-corrected chi connectivity index (χ0v) is 18.7. The largest absolute Gasteiger partial charge is 0.481 e. The lowest BCUT2D eigenvalue weighted by atomic mass is 10.1. The molecule has 4 atom stereocenters. The highest BCUT2D eigenvalue weighted by atomic mass is 32.1. The van der Waals surface area contributed by atoms with Crippen molar-refractivity contribution in [2.75, 3.05) is 18.1 Å². The molecule has 0 aromatic heterocycles. The highest BCUT2D eigenvalue weighted by Crippen LogP contribution is 2.03. The molecule has 4 unspecified atom stereocenters. The van der Waals surface area contributed by atoms with Gasteiger partial charge in [-0.15, -0.1) is 0 Å². The molecule has 0 spiro atoms. The summed E-state index contributed by atoms with van der Waals surface area (Å²) in [5.74, 6) is -4.82. The van der Waals surface area contributed by atoms with E-state index in [0.717, 1.165) is 0 Å². The van der Waals surface area contributed by atoms with E-state index >= 15 is 0 Å². The molecular weight excluding hydrogens is 450 g/mol. The summed E-state index contributed by atoms with van der Waals surface area (Å²) in [5.41, 5.74) is 11.0. The Morgan fingerprint density at radius 1 is 0.774 bits per heavy atom. The van der Waals surface area contributed by atoms with Gasteiger partial charge in [-0.3, -0.25) is 19.2 Å². The van der Waals surface area contributed by atoms with Crippen LogP contribution in [0.25, 0.3) is 0 Å². The zero-order valence-electron chi connectivity index (χ0n) is 17.0. The molecule has 178 valence electrons. The maximum atomic E-state index is 12.4. The minimum Gasteiger partial charge on any atom is -0.481 e. The Balaban J connectivity index is 4.91. The van der Waals surface area contributed by atoms with Crippen molar-refractivity contribution in [3.05, 3.63) is 0 Å². The van der Waals surface area contributed by atoms with Crippen LogP contribution in [0.1, 0.15) is 32.1 Å². The minimum absolute atomic E-state index is 0.121. The molecule has 0 fully saturated rings. The van der Waals surface area contributed by atoms with Crippen molar-refractivity contribution >= 4 is 54.9 Å². The number of hydrogen-bond donors (Lipinski definition) is 9. The third-order valence-corrected chi connectivity index (χ3v) is 4.93. The summed E-state index contributed by atoms with van der Waals surface area (Å²) in [6.07, 6.45) is 0.843. The van der Waals surface area contributed by atoms with Gasteiger partial charge in [0, 0.05) is 17.9 Å². The second-order valence-corrected chi connectivity index (χ2v) is 7.44. The van der Waals surface area contributed by atoms with Gasteiger partial charge in [-0.1, -0.05) is 0 Å². The quantitative estimate of drug-likeness (QED) is 0.0855. The number of carboxylic acids is 2. The van der Waals surface area contributed by atoms with Crippen molar-refractivity contribution in [3.8, 4) is 0 Å². The van der Waals surface area contributed by atoms with Gasteiger partial charge in [-0.05, 0) is 32.2 Å². The van der Waals surface area contributed by atoms with Gasteiger partial charge in [-0.25, -0.2) is 4.79 Å². The van der Waals surface area contributed by atoms with E-state index in [1.54, 1.807) is 0 Å². The van der Waals surface area contributed by atoms with Gasteiger partial charge in [-0.2, -0.15) is 25.3 Å². The summed E-state index contributed by atoms with van der Waals surface area (Å²) in [6.45, 7) is 0.395. The number of carbonyl (C=O) groups excluding carboxylic acids is 3. The van der Waals surface area contributed by atoms with Crippen LogP contribution >= 0.6 is 25.3 Å². The fourth-order valence-electron chi connectivity index (χ4n) is 2.37. The first-order valence-corrected chi connectivity index (χ1v) is 10.9. The summed E-state index contributed by atoms with van der Waals surface area (Å²) in [7, 11) is 0. The molecule has 0 aromatic carbocycles. The predicted molar refractivity (Wildman–Crippen MR) is 119 cm³/mol. The standard InChI is InChI=1S/C17H31N5O7S2/c18-6-2-1-3-10(17(28)29)20-15(26)12(8-31)22-16(27)11(7-30)21-14(25)9(19)4-5-13(23)24/h9-12,30-31H,1-8,18-19H2,(H,20,26)(H,21,25)(H,22,27)(H,23,24)(H,28,29). The number of nitrogens with one attached hydrogen (secondary N) is 3. The van der Waals surface area contributed by atoms with Crippen molar-refractivity contribution in [3.63, 3.8) is 0 Å². The first-order valence-electron chi connectivity index (χ1n) is 9.60. The molecular formula is C17H31N5O7S2. The lowest BCUT2D eigenvalue weighted by Gasteiger charge is -2.23. The van der Waals surface area contributed by atoms with Gasteiger partial charge >= 0.3 is 11.9 Å². The molecule has 12 nitrogen and oxygen atoms in total. The topological polar surface area (TPSA) is 214 Å². The molecule has 0 radical (unpaired) electrons. The molecule has 14 heteroatoms. The molecule has 0 aliphatic carbocycles. The average Bonchev–Trinajstić information content (AvgIpc) is 2.72. The van der Waals surface area contributed by atoms with Crippen LogP contribution in [0.2, 0.25) is 0 Å². The first-order chi connectivity index (χ1) is 14.6. The Morgan fingerprint density at radius 2 is 1.26 bits per heavy atom. The first kappa shape index (κ1) is 29.0. The smallest absolute Gasteiger partial charge is 0.326 e. The number of carbonyl (C=O) groups is 5. The molecule has 0 saturated carbocycles. The molecule has 9 N–H and O–H groups in total. The molecule has 0 heterocycles. The minimum atomic E-state index is -1.22. The number of amides is 3. The third kappa shape index (κ3) is 11.8. The van der Waals surface area contributed by atoms with Gasteiger partial charge < -0.3 is 37.6 Å². The van der Waals surface area contributed by atoms with E-state index in [1.165, 1.54) is 0 Å². The van der Waals surface area contributed by atoms with Crippen LogP contribution in [-0.2, 0) is 24.0 Å². The Kier molecular flexibility index (Phi) is 14.7. The predicted octanol–water partition coefficient (Wildman–Crippen LogP) is -2.29. The highest BCUT2D eigenvalue weighted by Gasteiger charge is 2.29. The summed E-state index contributed by atoms with van der Waals surface area (Å²) < 4.78 is 0. The number of rotatable bonds is 16. The van der Waals surface area contributed by atoms with Crippen molar-refractivity contribution < 1.29 is 34.2 Å². The monoisotopic (exact) mass is 481 g/mol. The van der Waals surface area contributed by atoms with Crippen LogP contribution in [0.4, 0.5) is 0 Å².